The monoisotopic (exact) mass is 222 g/mol. The molecule has 1 aromatic carbocycles. The molecule has 0 saturated carbocycles. The normalized spacial score (nSPS) is 15.4. The highest BCUT2D eigenvalue weighted by atomic mass is 19.1. The number of nitrogens with two attached hydrogens (primary N) is 1. The number of halogens is 1. The van der Waals surface area contributed by atoms with E-state index in [1.54, 1.807) is 30.8 Å². The van der Waals surface area contributed by atoms with Crippen LogP contribution < -0.4 is 5.73 Å². The lowest BCUT2D eigenvalue weighted by atomic mass is 10.0. The molecule has 0 bridgehead atoms. The first kappa shape index (κ1) is 11.1. The van der Waals surface area contributed by atoms with Gasteiger partial charge in [-0.15, -0.1) is 0 Å². The van der Waals surface area contributed by atoms with E-state index < -0.39 is 5.72 Å². The van der Waals surface area contributed by atoms with Gasteiger partial charge >= 0.3 is 0 Å². The lowest BCUT2D eigenvalue weighted by molar-refractivity contribution is 0.0661. The van der Waals surface area contributed by atoms with E-state index in [0.29, 0.717) is 11.1 Å². The van der Waals surface area contributed by atoms with E-state index in [9.17, 15) is 9.50 Å². The Bertz CT molecular complexity index is 552. The number of fused-ring (bicyclic) bond motifs is 1. The van der Waals surface area contributed by atoms with Gasteiger partial charge in [0, 0.05) is 24.2 Å². The van der Waals surface area contributed by atoms with Crippen molar-refractivity contribution in [2.24, 2.45) is 12.8 Å². The second-order valence-corrected chi connectivity index (χ2v) is 4.42. The minimum absolute atomic E-state index is 0.253. The fourth-order valence-corrected chi connectivity index (χ4v) is 1.91. The zero-order valence-electron chi connectivity index (χ0n) is 9.58. The Kier molecular flexibility index (Phi) is 2.29. The van der Waals surface area contributed by atoms with Crippen LogP contribution in [0.5, 0.6) is 0 Å². The highest BCUT2D eigenvalue weighted by molar-refractivity contribution is 5.85. The summed E-state index contributed by atoms with van der Waals surface area (Å²) in [6.45, 7) is 3.21. The molecule has 2 aromatic rings. The highest BCUT2D eigenvalue weighted by Crippen LogP contribution is 2.28. The standard InChI is InChI=1S/C12H15FN2O/c1-7-4-8-9(12(2,14)16)6-15(3)11(8)5-10(7)13/h4-6,16H,14H2,1-3H3. The number of aromatic nitrogens is 1. The zero-order valence-corrected chi connectivity index (χ0v) is 9.58. The molecule has 0 aliphatic carbocycles. The third kappa shape index (κ3) is 1.60. The van der Waals surface area contributed by atoms with Gasteiger partial charge in [0.1, 0.15) is 11.5 Å². The highest BCUT2D eigenvalue weighted by Gasteiger charge is 2.22. The molecule has 0 fully saturated rings. The van der Waals surface area contributed by atoms with Crippen molar-refractivity contribution in [2.45, 2.75) is 19.6 Å². The molecule has 0 amide bonds. The molecule has 3 nitrogen and oxygen atoms in total. The Morgan fingerprint density at radius 3 is 2.62 bits per heavy atom. The smallest absolute Gasteiger partial charge is 0.138 e. The van der Waals surface area contributed by atoms with E-state index in [1.807, 2.05) is 0 Å². The fraction of sp³-hybridized carbons (Fsp3) is 0.333. The van der Waals surface area contributed by atoms with Crippen LogP contribution in [-0.2, 0) is 12.8 Å². The van der Waals surface area contributed by atoms with Crippen molar-refractivity contribution in [1.82, 2.24) is 4.57 Å². The summed E-state index contributed by atoms with van der Waals surface area (Å²) in [5.74, 6) is -0.253. The van der Waals surface area contributed by atoms with E-state index in [1.165, 1.54) is 13.0 Å². The molecule has 0 saturated heterocycles. The quantitative estimate of drug-likeness (QED) is 0.722. The fourth-order valence-electron chi connectivity index (χ4n) is 1.91. The van der Waals surface area contributed by atoms with Gasteiger partial charge in [-0.05, 0) is 31.5 Å². The SMILES string of the molecule is Cc1cc2c(C(C)(N)O)cn(C)c2cc1F. The van der Waals surface area contributed by atoms with Crippen LogP contribution in [0.2, 0.25) is 0 Å². The number of nitrogens with zero attached hydrogens (tertiary/aromatic N) is 1. The number of aliphatic hydroxyl groups is 1. The third-order valence-electron chi connectivity index (χ3n) is 2.82. The van der Waals surface area contributed by atoms with E-state index in [4.69, 9.17) is 5.73 Å². The minimum Gasteiger partial charge on any atom is -0.372 e. The van der Waals surface area contributed by atoms with E-state index >= 15 is 0 Å². The largest absolute Gasteiger partial charge is 0.372 e. The van der Waals surface area contributed by atoms with Gasteiger partial charge in [-0.3, -0.25) is 5.73 Å². The predicted molar refractivity (Wildman–Crippen MR) is 61.4 cm³/mol. The van der Waals surface area contributed by atoms with Crippen LogP contribution >= 0.6 is 0 Å². The average Bonchev–Trinajstić information content (AvgIpc) is 2.45. The summed E-state index contributed by atoms with van der Waals surface area (Å²) in [5, 5.41) is 10.6. The number of hydrogen-bond donors (Lipinski definition) is 2. The molecular formula is C12H15FN2O. The molecule has 1 heterocycles. The van der Waals surface area contributed by atoms with Crippen LogP contribution in [-0.4, -0.2) is 9.67 Å². The molecule has 0 aliphatic rings. The van der Waals surface area contributed by atoms with Crippen molar-refractivity contribution in [3.05, 3.63) is 35.3 Å². The lowest BCUT2D eigenvalue weighted by Gasteiger charge is -2.16. The number of benzene rings is 1. The summed E-state index contributed by atoms with van der Waals surface area (Å²) in [7, 11) is 1.80. The summed E-state index contributed by atoms with van der Waals surface area (Å²) in [6.07, 6.45) is 1.73. The van der Waals surface area contributed by atoms with Crippen LogP contribution in [0.1, 0.15) is 18.1 Å². The molecule has 1 aromatic heterocycles. The first-order valence-corrected chi connectivity index (χ1v) is 5.07. The molecule has 16 heavy (non-hydrogen) atoms. The van der Waals surface area contributed by atoms with Gasteiger partial charge in [0.15, 0.2) is 0 Å². The number of hydrogen-bond acceptors (Lipinski definition) is 2. The molecule has 1 unspecified atom stereocenters. The van der Waals surface area contributed by atoms with E-state index in [-0.39, 0.29) is 5.82 Å². The molecule has 4 heteroatoms. The third-order valence-corrected chi connectivity index (χ3v) is 2.82. The van der Waals surface area contributed by atoms with Crippen molar-refractivity contribution < 1.29 is 9.50 Å². The van der Waals surface area contributed by atoms with Crippen molar-refractivity contribution in [2.75, 3.05) is 0 Å². The molecule has 1 atom stereocenters. The molecule has 0 spiro atoms. The topological polar surface area (TPSA) is 51.2 Å². The van der Waals surface area contributed by atoms with Crippen LogP contribution in [0.25, 0.3) is 10.9 Å². The van der Waals surface area contributed by atoms with Gasteiger partial charge in [0.25, 0.3) is 0 Å². The van der Waals surface area contributed by atoms with E-state index in [2.05, 4.69) is 0 Å². The zero-order chi connectivity index (χ0) is 12.1. The maximum absolute atomic E-state index is 13.4. The van der Waals surface area contributed by atoms with Crippen LogP contribution in [0.4, 0.5) is 4.39 Å². The van der Waals surface area contributed by atoms with Gasteiger partial charge in [-0.25, -0.2) is 4.39 Å². The maximum Gasteiger partial charge on any atom is 0.138 e. The number of aryl methyl sites for hydroxylation is 2. The van der Waals surface area contributed by atoms with Gasteiger partial charge in [-0.2, -0.15) is 0 Å². The molecular weight excluding hydrogens is 207 g/mol. The summed E-state index contributed by atoms with van der Waals surface area (Å²) in [6, 6.07) is 3.17. The Morgan fingerprint density at radius 2 is 2.06 bits per heavy atom. The minimum atomic E-state index is -1.41. The van der Waals surface area contributed by atoms with Crippen LogP contribution in [0.3, 0.4) is 0 Å². The molecule has 0 radical (unpaired) electrons. The average molecular weight is 222 g/mol. The second kappa shape index (κ2) is 3.30. The first-order chi connectivity index (χ1) is 7.30. The molecule has 3 N–H and O–H groups in total. The molecule has 86 valence electrons. The van der Waals surface area contributed by atoms with Gasteiger partial charge in [0.05, 0.1) is 5.52 Å². The Labute approximate surface area is 93.3 Å². The number of rotatable bonds is 1. The van der Waals surface area contributed by atoms with Gasteiger partial charge in [-0.1, -0.05) is 0 Å². The van der Waals surface area contributed by atoms with Crippen molar-refractivity contribution in [1.29, 1.82) is 0 Å². The Balaban J connectivity index is 2.84. The molecule has 0 aliphatic heterocycles. The predicted octanol–water partition coefficient (Wildman–Crippen LogP) is 1.75. The lowest BCUT2D eigenvalue weighted by Crippen LogP contribution is -2.31. The second-order valence-electron chi connectivity index (χ2n) is 4.42. The summed E-state index contributed by atoms with van der Waals surface area (Å²) in [4.78, 5) is 0. The van der Waals surface area contributed by atoms with Crippen molar-refractivity contribution >= 4 is 10.9 Å². The van der Waals surface area contributed by atoms with Crippen molar-refractivity contribution in [3.8, 4) is 0 Å². The van der Waals surface area contributed by atoms with Gasteiger partial charge < -0.3 is 9.67 Å². The summed E-state index contributed by atoms with van der Waals surface area (Å²) < 4.78 is 15.2. The first-order valence-electron chi connectivity index (χ1n) is 5.07. The van der Waals surface area contributed by atoms with E-state index in [0.717, 1.165) is 10.9 Å². The summed E-state index contributed by atoms with van der Waals surface area (Å²) >= 11 is 0. The Morgan fingerprint density at radius 1 is 1.44 bits per heavy atom. The van der Waals surface area contributed by atoms with Gasteiger partial charge in [0.2, 0.25) is 0 Å². The van der Waals surface area contributed by atoms with Crippen LogP contribution in [0, 0.1) is 12.7 Å². The van der Waals surface area contributed by atoms with Crippen LogP contribution in [0.15, 0.2) is 18.3 Å². The Hall–Kier alpha value is -1.39. The maximum atomic E-state index is 13.4. The summed E-state index contributed by atoms with van der Waals surface area (Å²) in [5.41, 5.74) is 6.14. The molecule has 2 rings (SSSR count). The van der Waals surface area contributed by atoms with Crippen molar-refractivity contribution in [3.63, 3.8) is 0 Å².